The molecule has 2 heterocycles. The van der Waals surface area contributed by atoms with E-state index in [0.717, 1.165) is 5.56 Å². The summed E-state index contributed by atoms with van der Waals surface area (Å²) in [5, 5.41) is 0. The molecule has 0 amide bonds. The van der Waals surface area contributed by atoms with E-state index in [9.17, 15) is 14.0 Å². The summed E-state index contributed by atoms with van der Waals surface area (Å²) >= 11 is 1.22. The van der Waals surface area contributed by atoms with Gasteiger partial charge in [-0.25, -0.2) is 14.2 Å². The van der Waals surface area contributed by atoms with Crippen LogP contribution in [-0.4, -0.2) is 23.8 Å². The van der Waals surface area contributed by atoms with Crippen LogP contribution in [0.5, 0.6) is 5.75 Å². The minimum Gasteiger partial charge on any atom is -0.493 e. The standard InChI is InChI=1S/C30H25FN2O4S/c1-3-36-23-13-9-8-12-21(23)18-24-28(34)33-27(20-14-16-22(31)17-15-20)25(29(35)37-4-2)26(32-30(33)38-24)19-10-6-5-7-11-19/h5-18,27H,3-4H2,1-2H3/t27-/m1/s1. The number of esters is 1. The maximum Gasteiger partial charge on any atom is 0.338 e. The van der Waals surface area contributed by atoms with Gasteiger partial charge in [0.2, 0.25) is 0 Å². The highest BCUT2D eigenvalue weighted by molar-refractivity contribution is 7.07. The van der Waals surface area contributed by atoms with Gasteiger partial charge in [0.1, 0.15) is 11.6 Å². The number of para-hydroxylation sites is 1. The molecule has 5 rings (SSSR count). The van der Waals surface area contributed by atoms with E-state index in [1.54, 1.807) is 25.1 Å². The van der Waals surface area contributed by atoms with E-state index in [2.05, 4.69) is 0 Å². The first-order chi connectivity index (χ1) is 18.5. The largest absolute Gasteiger partial charge is 0.493 e. The van der Waals surface area contributed by atoms with Crippen LogP contribution in [0.1, 0.15) is 36.6 Å². The van der Waals surface area contributed by atoms with Gasteiger partial charge in [-0.1, -0.05) is 72.0 Å². The van der Waals surface area contributed by atoms with Gasteiger partial charge < -0.3 is 9.47 Å². The molecule has 0 N–H and O–H groups in total. The van der Waals surface area contributed by atoms with Crippen LogP contribution in [0, 0.1) is 5.82 Å². The fourth-order valence-electron chi connectivity index (χ4n) is 4.43. The molecule has 0 fully saturated rings. The van der Waals surface area contributed by atoms with Crippen molar-refractivity contribution < 1.29 is 18.7 Å². The van der Waals surface area contributed by atoms with Crippen LogP contribution in [0.4, 0.5) is 4.39 Å². The molecule has 0 spiro atoms. The predicted octanol–water partition coefficient (Wildman–Crippen LogP) is 4.47. The summed E-state index contributed by atoms with van der Waals surface area (Å²) in [6, 6.07) is 21.7. The van der Waals surface area contributed by atoms with E-state index in [1.807, 2.05) is 61.5 Å². The van der Waals surface area contributed by atoms with Crippen molar-refractivity contribution in [3.8, 4) is 5.75 Å². The Balaban J connectivity index is 1.82. The second-order valence-electron chi connectivity index (χ2n) is 8.45. The Morgan fingerprint density at radius 1 is 1.00 bits per heavy atom. The SMILES string of the molecule is CCOC(=O)C1=C(c2ccccc2)N=c2sc(=Cc3ccccc3OCC)c(=O)n2[C@@H]1c1ccc(F)cc1. The number of hydrogen-bond acceptors (Lipinski definition) is 6. The van der Waals surface area contributed by atoms with E-state index in [0.29, 0.717) is 38.5 Å². The second-order valence-corrected chi connectivity index (χ2v) is 9.46. The first kappa shape index (κ1) is 25.4. The van der Waals surface area contributed by atoms with Crippen molar-refractivity contribution in [3.63, 3.8) is 0 Å². The Labute approximate surface area is 222 Å². The third-order valence-electron chi connectivity index (χ3n) is 6.06. The molecular formula is C30H25FN2O4S. The lowest BCUT2D eigenvalue weighted by Crippen LogP contribution is -2.40. The number of ether oxygens (including phenoxy) is 2. The fourth-order valence-corrected chi connectivity index (χ4v) is 5.42. The summed E-state index contributed by atoms with van der Waals surface area (Å²) in [5.41, 5.74) is 2.36. The highest BCUT2D eigenvalue weighted by atomic mass is 32.1. The number of fused-ring (bicyclic) bond motifs is 1. The molecule has 0 radical (unpaired) electrons. The average Bonchev–Trinajstić information content (AvgIpc) is 3.24. The van der Waals surface area contributed by atoms with Crippen molar-refractivity contribution in [2.24, 2.45) is 4.99 Å². The normalized spacial score (nSPS) is 15.1. The zero-order valence-electron chi connectivity index (χ0n) is 20.9. The van der Waals surface area contributed by atoms with Crippen LogP contribution in [0.3, 0.4) is 0 Å². The molecule has 8 heteroatoms. The van der Waals surface area contributed by atoms with Crippen LogP contribution in [0.2, 0.25) is 0 Å². The number of carbonyl (C=O) groups is 1. The highest BCUT2D eigenvalue weighted by Crippen LogP contribution is 2.35. The second kappa shape index (κ2) is 11.0. The predicted molar refractivity (Wildman–Crippen MR) is 145 cm³/mol. The minimum atomic E-state index is -0.856. The molecule has 0 saturated heterocycles. The van der Waals surface area contributed by atoms with Crippen LogP contribution in [0.25, 0.3) is 11.8 Å². The number of carbonyl (C=O) groups excluding carboxylic acids is 1. The average molecular weight is 529 g/mol. The smallest absolute Gasteiger partial charge is 0.338 e. The number of thiazole rings is 1. The number of benzene rings is 3. The van der Waals surface area contributed by atoms with Gasteiger partial charge in [0.15, 0.2) is 4.80 Å². The molecule has 1 atom stereocenters. The quantitative estimate of drug-likeness (QED) is 0.332. The lowest BCUT2D eigenvalue weighted by atomic mass is 9.93. The highest BCUT2D eigenvalue weighted by Gasteiger charge is 2.35. The Bertz CT molecular complexity index is 1690. The van der Waals surface area contributed by atoms with Crippen LogP contribution in [-0.2, 0) is 9.53 Å². The lowest BCUT2D eigenvalue weighted by Gasteiger charge is -2.25. The van der Waals surface area contributed by atoms with E-state index < -0.39 is 17.8 Å². The first-order valence-electron chi connectivity index (χ1n) is 12.3. The maximum atomic E-state index is 13.9. The minimum absolute atomic E-state index is 0.152. The van der Waals surface area contributed by atoms with Gasteiger partial charge in [0.05, 0.1) is 35.1 Å². The van der Waals surface area contributed by atoms with Gasteiger partial charge in [-0.3, -0.25) is 9.36 Å². The third kappa shape index (κ3) is 4.82. The van der Waals surface area contributed by atoms with Crippen molar-refractivity contribution in [2.75, 3.05) is 13.2 Å². The van der Waals surface area contributed by atoms with Crippen molar-refractivity contribution in [1.29, 1.82) is 0 Å². The number of rotatable bonds is 7. The molecule has 1 aliphatic heterocycles. The molecule has 38 heavy (non-hydrogen) atoms. The van der Waals surface area contributed by atoms with E-state index in [4.69, 9.17) is 14.5 Å². The van der Waals surface area contributed by atoms with Crippen LogP contribution >= 0.6 is 11.3 Å². The maximum absolute atomic E-state index is 13.9. The molecular weight excluding hydrogens is 503 g/mol. The van der Waals surface area contributed by atoms with Gasteiger partial charge in [0.25, 0.3) is 5.56 Å². The Kier molecular flexibility index (Phi) is 7.33. The summed E-state index contributed by atoms with van der Waals surface area (Å²) in [7, 11) is 0. The zero-order valence-corrected chi connectivity index (χ0v) is 21.7. The molecule has 0 saturated carbocycles. The molecule has 4 aromatic rings. The van der Waals surface area contributed by atoms with Gasteiger partial charge >= 0.3 is 5.97 Å². The molecule has 3 aromatic carbocycles. The summed E-state index contributed by atoms with van der Waals surface area (Å²) in [5.74, 6) is -0.341. The Morgan fingerprint density at radius 2 is 1.71 bits per heavy atom. The zero-order chi connectivity index (χ0) is 26.6. The molecule has 6 nitrogen and oxygen atoms in total. The summed E-state index contributed by atoms with van der Waals surface area (Å²) in [4.78, 5) is 32.6. The van der Waals surface area contributed by atoms with E-state index >= 15 is 0 Å². The molecule has 0 aliphatic carbocycles. The van der Waals surface area contributed by atoms with Gasteiger partial charge in [-0.05, 0) is 43.7 Å². The number of aromatic nitrogens is 1. The monoisotopic (exact) mass is 528 g/mol. The number of hydrogen-bond donors (Lipinski definition) is 0. The molecule has 0 unspecified atom stereocenters. The van der Waals surface area contributed by atoms with Gasteiger partial charge in [0, 0.05) is 11.1 Å². The number of nitrogens with zero attached hydrogens (tertiary/aromatic N) is 2. The van der Waals surface area contributed by atoms with Gasteiger partial charge in [-0.2, -0.15) is 0 Å². The van der Waals surface area contributed by atoms with Crippen molar-refractivity contribution in [2.45, 2.75) is 19.9 Å². The number of halogens is 1. The summed E-state index contributed by atoms with van der Waals surface area (Å²) < 4.78 is 27.0. The van der Waals surface area contributed by atoms with Crippen molar-refractivity contribution >= 4 is 29.1 Å². The van der Waals surface area contributed by atoms with Crippen molar-refractivity contribution in [3.05, 3.63) is 127 Å². The molecule has 1 aromatic heterocycles. The fraction of sp³-hybridized carbons (Fsp3) is 0.167. The molecule has 0 bridgehead atoms. The summed E-state index contributed by atoms with van der Waals surface area (Å²) in [6.07, 6.45) is 1.77. The van der Waals surface area contributed by atoms with E-state index in [-0.39, 0.29) is 17.7 Å². The molecule has 192 valence electrons. The Morgan fingerprint density at radius 3 is 2.42 bits per heavy atom. The third-order valence-corrected chi connectivity index (χ3v) is 7.05. The van der Waals surface area contributed by atoms with E-state index in [1.165, 1.54) is 28.0 Å². The lowest BCUT2D eigenvalue weighted by molar-refractivity contribution is -0.138. The summed E-state index contributed by atoms with van der Waals surface area (Å²) in [6.45, 7) is 4.26. The van der Waals surface area contributed by atoms with Crippen LogP contribution in [0.15, 0.2) is 94.2 Å². The molecule has 1 aliphatic rings. The van der Waals surface area contributed by atoms with Gasteiger partial charge in [-0.15, -0.1) is 0 Å². The first-order valence-corrected chi connectivity index (χ1v) is 13.1. The van der Waals surface area contributed by atoms with Crippen molar-refractivity contribution in [1.82, 2.24) is 4.57 Å². The van der Waals surface area contributed by atoms with Crippen LogP contribution < -0.4 is 19.6 Å². The topological polar surface area (TPSA) is 69.9 Å². The Hall–Kier alpha value is -4.30.